The van der Waals surface area contributed by atoms with Crippen molar-refractivity contribution in [2.75, 3.05) is 4.72 Å². The van der Waals surface area contributed by atoms with Gasteiger partial charge in [-0.05, 0) is 52.9 Å². The van der Waals surface area contributed by atoms with Crippen LogP contribution in [0.4, 0.5) is 10.1 Å². The monoisotopic (exact) mass is 411 g/mol. The number of hydrogen-bond donors (Lipinski definition) is 1. The Balaban J connectivity index is 2.38. The summed E-state index contributed by atoms with van der Waals surface area (Å²) in [5, 5.41) is -0.231. The standard InChI is InChI=1S/C12H8ClFINO2S/c13-9-7-8(5-6-10(9)14)19(17,18)16-12-4-2-1-3-11(12)15/h1-7,16H. The highest BCUT2D eigenvalue weighted by atomic mass is 127. The van der Waals surface area contributed by atoms with Crippen LogP contribution in [0.2, 0.25) is 5.02 Å². The van der Waals surface area contributed by atoms with Gasteiger partial charge in [0, 0.05) is 3.57 Å². The smallest absolute Gasteiger partial charge is 0.261 e. The summed E-state index contributed by atoms with van der Waals surface area (Å²) in [5.74, 6) is -0.657. The molecule has 7 heteroatoms. The zero-order valence-corrected chi connectivity index (χ0v) is 13.1. The third-order valence-electron chi connectivity index (χ3n) is 2.32. The van der Waals surface area contributed by atoms with Crippen LogP contribution in [0.25, 0.3) is 0 Å². The van der Waals surface area contributed by atoms with E-state index in [9.17, 15) is 12.8 Å². The van der Waals surface area contributed by atoms with E-state index in [0.29, 0.717) is 5.69 Å². The molecule has 0 radical (unpaired) electrons. The van der Waals surface area contributed by atoms with Crippen LogP contribution >= 0.6 is 34.2 Å². The molecule has 0 spiro atoms. The zero-order chi connectivity index (χ0) is 14.0. The number of anilines is 1. The molecule has 0 amide bonds. The van der Waals surface area contributed by atoms with Gasteiger partial charge in [-0.3, -0.25) is 4.72 Å². The molecule has 0 aliphatic rings. The molecule has 0 aliphatic heterocycles. The average molecular weight is 412 g/mol. The van der Waals surface area contributed by atoms with E-state index < -0.39 is 15.8 Å². The number of para-hydroxylation sites is 1. The minimum absolute atomic E-state index is 0.0847. The van der Waals surface area contributed by atoms with Gasteiger partial charge in [-0.1, -0.05) is 23.7 Å². The molecule has 100 valence electrons. The van der Waals surface area contributed by atoms with Crippen molar-refractivity contribution < 1.29 is 12.8 Å². The maximum absolute atomic E-state index is 13.0. The van der Waals surface area contributed by atoms with Gasteiger partial charge in [-0.15, -0.1) is 0 Å². The van der Waals surface area contributed by atoms with Crippen molar-refractivity contribution >= 4 is 49.9 Å². The Labute approximate surface area is 129 Å². The molecule has 0 fully saturated rings. The number of hydrogen-bond acceptors (Lipinski definition) is 2. The fourth-order valence-electron chi connectivity index (χ4n) is 1.39. The molecule has 0 saturated carbocycles. The highest BCUT2D eigenvalue weighted by Crippen LogP contribution is 2.24. The Morgan fingerprint density at radius 3 is 2.47 bits per heavy atom. The van der Waals surface area contributed by atoms with E-state index in [4.69, 9.17) is 11.6 Å². The predicted molar refractivity (Wildman–Crippen MR) is 81.4 cm³/mol. The summed E-state index contributed by atoms with van der Waals surface area (Å²) < 4.78 is 40.5. The van der Waals surface area contributed by atoms with E-state index in [1.807, 2.05) is 22.6 Å². The summed E-state index contributed by atoms with van der Waals surface area (Å²) in [4.78, 5) is -0.0847. The van der Waals surface area contributed by atoms with Crippen LogP contribution in [0, 0.1) is 9.39 Å². The molecular formula is C12H8ClFINO2S. The topological polar surface area (TPSA) is 46.2 Å². The lowest BCUT2D eigenvalue weighted by Crippen LogP contribution is -2.13. The van der Waals surface area contributed by atoms with Crippen LogP contribution in [-0.4, -0.2) is 8.42 Å². The van der Waals surface area contributed by atoms with E-state index in [2.05, 4.69) is 4.72 Å². The normalized spacial score (nSPS) is 11.3. The molecule has 19 heavy (non-hydrogen) atoms. The first kappa shape index (κ1) is 14.5. The number of nitrogens with one attached hydrogen (secondary N) is 1. The van der Waals surface area contributed by atoms with Crippen molar-refractivity contribution in [1.29, 1.82) is 0 Å². The predicted octanol–water partition coefficient (Wildman–Crippen LogP) is 3.88. The SMILES string of the molecule is O=S(=O)(Nc1ccccc1I)c1ccc(F)c(Cl)c1. The second-order valence-corrected chi connectivity index (χ2v) is 6.91. The molecule has 1 N–H and O–H groups in total. The Kier molecular flexibility index (Phi) is 4.32. The van der Waals surface area contributed by atoms with Crippen molar-refractivity contribution in [3.8, 4) is 0 Å². The fourth-order valence-corrected chi connectivity index (χ4v) is 3.45. The van der Waals surface area contributed by atoms with Crippen molar-refractivity contribution in [2.45, 2.75) is 4.90 Å². The summed E-state index contributed by atoms with van der Waals surface area (Å²) in [7, 11) is -3.78. The molecule has 3 nitrogen and oxygen atoms in total. The van der Waals surface area contributed by atoms with Crippen LogP contribution in [0.5, 0.6) is 0 Å². The Bertz CT molecular complexity index is 721. The molecule has 0 heterocycles. The molecule has 0 unspecified atom stereocenters. The molecule has 0 aromatic heterocycles. The lowest BCUT2D eigenvalue weighted by atomic mass is 10.3. The van der Waals surface area contributed by atoms with E-state index >= 15 is 0 Å². The second kappa shape index (κ2) is 5.64. The summed E-state index contributed by atoms with van der Waals surface area (Å²) in [5.41, 5.74) is 0.462. The first-order chi connectivity index (χ1) is 8.90. The van der Waals surface area contributed by atoms with Crippen molar-refractivity contribution in [2.24, 2.45) is 0 Å². The lowest BCUT2D eigenvalue weighted by molar-refractivity contribution is 0.599. The molecule has 2 aromatic rings. The van der Waals surface area contributed by atoms with Crippen LogP contribution in [0.3, 0.4) is 0 Å². The van der Waals surface area contributed by atoms with Crippen molar-refractivity contribution in [1.82, 2.24) is 0 Å². The van der Waals surface area contributed by atoms with Crippen LogP contribution < -0.4 is 4.72 Å². The van der Waals surface area contributed by atoms with E-state index in [0.717, 1.165) is 15.7 Å². The average Bonchev–Trinajstić information content (AvgIpc) is 2.35. The third kappa shape index (κ3) is 3.37. The summed E-state index contributed by atoms with van der Waals surface area (Å²) in [6.45, 7) is 0. The lowest BCUT2D eigenvalue weighted by Gasteiger charge is -2.10. The van der Waals surface area contributed by atoms with Crippen molar-refractivity contribution in [3.63, 3.8) is 0 Å². The molecule has 0 saturated heterocycles. The van der Waals surface area contributed by atoms with Gasteiger partial charge in [0.15, 0.2) is 0 Å². The fraction of sp³-hybridized carbons (Fsp3) is 0. The summed E-state index contributed by atoms with van der Waals surface area (Å²) in [6, 6.07) is 10.2. The maximum Gasteiger partial charge on any atom is 0.261 e. The Morgan fingerprint density at radius 1 is 1.16 bits per heavy atom. The van der Waals surface area contributed by atoms with Gasteiger partial charge < -0.3 is 0 Å². The minimum atomic E-state index is -3.78. The highest BCUT2D eigenvalue weighted by Gasteiger charge is 2.16. The first-order valence-electron chi connectivity index (χ1n) is 5.12. The van der Waals surface area contributed by atoms with Gasteiger partial charge in [0.25, 0.3) is 10.0 Å². The quantitative estimate of drug-likeness (QED) is 0.779. The van der Waals surface area contributed by atoms with E-state index in [-0.39, 0.29) is 9.92 Å². The number of sulfonamides is 1. The van der Waals surface area contributed by atoms with Gasteiger partial charge in [-0.25, -0.2) is 12.8 Å². The van der Waals surface area contributed by atoms with E-state index in [1.54, 1.807) is 24.3 Å². The number of halogens is 3. The largest absolute Gasteiger partial charge is 0.279 e. The van der Waals surface area contributed by atoms with Crippen LogP contribution in [0.15, 0.2) is 47.4 Å². The zero-order valence-electron chi connectivity index (χ0n) is 9.40. The van der Waals surface area contributed by atoms with E-state index in [1.165, 1.54) is 6.07 Å². The highest BCUT2D eigenvalue weighted by molar-refractivity contribution is 14.1. The number of benzene rings is 2. The summed E-state index contributed by atoms with van der Waals surface area (Å²) in [6.07, 6.45) is 0. The second-order valence-electron chi connectivity index (χ2n) is 3.66. The molecule has 0 aliphatic carbocycles. The Morgan fingerprint density at radius 2 is 1.84 bits per heavy atom. The van der Waals surface area contributed by atoms with Crippen LogP contribution in [-0.2, 0) is 10.0 Å². The minimum Gasteiger partial charge on any atom is -0.279 e. The Hall–Kier alpha value is -0.860. The van der Waals surface area contributed by atoms with Crippen molar-refractivity contribution in [3.05, 3.63) is 56.9 Å². The maximum atomic E-state index is 13.0. The molecular weight excluding hydrogens is 404 g/mol. The first-order valence-corrected chi connectivity index (χ1v) is 8.06. The summed E-state index contributed by atoms with van der Waals surface area (Å²) >= 11 is 7.60. The van der Waals surface area contributed by atoms with Gasteiger partial charge in [-0.2, -0.15) is 0 Å². The van der Waals surface area contributed by atoms with Crippen LogP contribution in [0.1, 0.15) is 0 Å². The van der Waals surface area contributed by atoms with Gasteiger partial charge in [0.05, 0.1) is 15.6 Å². The third-order valence-corrected chi connectivity index (χ3v) is 4.91. The van der Waals surface area contributed by atoms with Gasteiger partial charge in [0.1, 0.15) is 5.82 Å². The van der Waals surface area contributed by atoms with Gasteiger partial charge >= 0.3 is 0 Å². The molecule has 0 bridgehead atoms. The molecule has 0 atom stereocenters. The molecule has 2 rings (SSSR count). The molecule has 2 aromatic carbocycles. The van der Waals surface area contributed by atoms with Gasteiger partial charge in [0.2, 0.25) is 0 Å². The number of rotatable bonds is 3.